The number of carbonyl (C=O) groups is 1. The van der Waals surface area contributed by atoms with Crippen LogP contribution in [-0.4, -0.2) is 11.0 Å². The maximum absolute atomic E-state index is 12.3. The van der Waals surface area contributed by atoms with Crippen molar-refractivity contribution in [1.29, 1.82) is 0 Å². The average Bonchev–Trinajstić information content (AvgIpc) is 2.67. The van der Waals surface area contributed by atoms with E-state index in [1.807, 2.05) is 55.5 Å². The second-order valence-corrected chi connectivity index (χ2v) is 6.26. The number of aromatic nitrogens is 1. The molecule has 5 nitrogen and oxygen atoms in total. The number of carbonyl (C=O) groups excluding carboxylic acids is 1. The van der Waals surface area contributed by atoms with Crippen LogP contribution in [0.3, 0.4) is 0 Å². The Morgan fingerprint density at radius 2 is 1.78 bits per heavy atom. The highest BCUT2D eigenvalue weighted by atomic mass is 16.5. The quantitative estimate of drug-likeness (QED) is 0.585. The minimum atomic E-state index is -0.349. The molecule has 2 N–H and O–H groups in total. The van der Waals surface area contributed by atoms with Gasteiger partial charge < -0.3 is 15.4 Å². The minimum Gasteiger partial charge on any atom is -0.437 e. The minimum absolute atomic E-state index is 0.349. The van der Waals surface area contributed by atoms with E-state index in [4.69, 9.17) is 4.74 Å². The van der Waals surface area contributed by atoms with Gasteiger partial charge in [0.15, 0.2) is 0 Å². The van der Waals surface area contributed by atoms with E-state index in [0.29, 0.717) is 11.6 Å². The summed E-state index contributed by atoms with van der Waals surface area (Å²) in [5.74, 6) is 1.11. The van der Waals surface area contributed by atoms with Crippen LogP contribution >= 0.6 is 0 Å². The van der Waals surface area contributed by atoms with Gasteiger partial charge in [0.2, 0.25) is 5.88 Å². The second-order valence-electron chi connectivity index (χ2n) is 6.26. The van der Waals surface area contributed by atoms with Crippen molar-refractivity contribution in [2.75, 3.05) is 10.6 Å². The summed E-state index contributed by atoms with van der Waals surface area (Å²) in [6.07, 6.45) is 3.58. The molecule has 2 amide bonds. The lowest BCUT2D eigenvalue weighted by atomic mass is 10.1. The summed E-state index contributed by atoms with van der Waals surface area (Å²) in [4.78, 5) is 16.6. The zero-order valence-corrected chi connectivity index (χ0v) is 15.5. The normalized spacial score (nSPS) is 10.3. The highest BCUT2D eigenvalue weighted by molar-refractivity contribution is 6.00. The van der Waals surface area contributed by atoms with Gasteiger partial charge in [0.05, 0.1) is 0 Å². The zero-order valence-electron chi connectivity index (χ0n) is 15.5. The van der Waals surface area contributed by atoms with Crippen molar-refractivity contribution in [2.24, 2.45) is 0 Å². The Morgan fingerprint density at radius 3 is 2.56 bits per heavy atom. The van der Waals surface area contributed by atoms with Gasteiger partial charge in [0.25, 0.3) is 0 Å². The number of nitrogens with zero attached hydrogens (tertiary/aromatic N) is 1. The summed E-state index contributed by atoms with van der Waals surface area (Å²) in [6.45, 7) is 4.12. The largest absolute Gasteiger partial charge is 0.437 e. The van der Waals surface area contributed by atoms with Crippen molar-refractivity contribution < 1.29 is 9.53 Å². The number of benzene rings is 2. The average molecular weight is 361 g/mol. The molecule has 0 bridgehead atoms. The van der Waals surface area contributed by atoms with Gasteiger partial charge in [-0.05, 0) is 49.2 Å². The molecule has 3 rings (SSSR count). The van der Waals surface area contributed by atoms with E-state index in [2.05, 4.69) is 22.5 Å². The standard InChI is InChI=1S/C22H23N3O2/c1-3-7-17-8-4-5-10-20(17)27-21-19(9-6-15-23-21)25-22(26)24-18-13-11-16(2)12-14-18/h4-6,8-15H,3,7H2,1-2H3,(H2,24,25,26). The predicted molar refractivity (Wildman–Crippen MR) is 109 cm³/mol. The van der Waals surface area contributed by atoms with E-state index in [1.165, 1.54) is 0 Å². The van der Waals surface area contributed by atoms with Crippen molar-refractivity contribution in [3.05, 3.63) is 78.0 Å². The molecule has 138 valence electrons. The zero-order chi connectivity index (χ0) is 19.1. The lowest BCUT2D eigenvalue weighted by molar-refractivity contribution is 0.262. The molecule has 0 saturated heterocycles. The molecule has 3 aromatic rings. The van der Waals surface area contributed by atoms with Crippen LogP contribution in [0.15, 0.2) is 66.9 Å². The number of anilines is 2. The summed E-state index contributed by atoms with van der Waals surface area (Å²) in [5.41, 5.74) is 3.47. The monoisotopic (exact) mass is 361 g/mol. The maximum atomic E-state index is 12.3. The fourth-order valence-electron chi connectivity index (χ4n) is 2.67. The Hall–Kier alpha value is -3.34. The molecule has 5 heteroatoms. The van der Waals surface area contributed by atoms with Crippen LogP contribution in [-0.2, 0) is 6.42 Å². The fraction of sp³-hybridized carbons (Fsp3) is 0.182. The third-order valence-corrected chi connectivity index (χ3v) is 4.03. The molecule has 0 saturated carbocycles. The van der Waals surface area contributed by atoms with E-state index < -0.39 is 0 Å². The Morgan fingerprint density at radius 1 is 1.00 bits per heavy atom. The van der Waals surface area contributed by atoms with Crippen LogP contribution in [0.2, 0.25) is 0 Å². The summed E-state index contributed by atoms with van der Waals surface area (Å²) in [7, 11) is 0. The smallest absolute Gasteiger partial charge is 0.323 e. The number of rotatable bonds is 6. The van der Waals surface area contributed by atoms with E-state index in [9.17, 15) is 4.79 Å². The number of para-hydroxylation sites is 1. The molecule has 0 aliphatic heterocycles. The van der Waals surface area contributed by atoms with Gasteiger partial charge in [-0.25, -0.2) is 9.78 Å². The third-order valence-electron chi connectivity index (χ3n) is 4.03. The van der Waals surface area contributed by atoms with E-state index in [1.54, 1.807) is 18.3 Å². The van der Waals surface area contributed by atoms with Crippen molar-refractivity contribution in [3.8, 4) is 11.6 Å². The predicted octanol–water partition coefficient (Wildman–Crippen LogP) is 5.78. The molecule has 0 spiro atoms. The van der Waals surface area contributed by atoms with Crippen LogP contribution < -0.4 is 15.4 Å². The van der Waals surface area contributed by atoms with Crippen LogP contribution in [0, 0.1) is 6.92 Å². The van der Waals surface area contributed by atoms with Gasteiger partial charge in [-0.3, -0.25) is 0 Å². The molecular weight excluding hydrogens is 338 g/mol. The molecule has 27 heavy (non-hydrogen) atoms. The molecule has 1 heterocycles. The second kappa shape index (κ2) is 8.85. The number of hydrogen-bond acceptors (Lipinski definition) is 3. The summed E-state index contributed by atoms with van der Waals surface area (Å²) in [5, 5.41) is 5.61. The summed E-state index contributed by atoms with van der Waals surface area (Å²) < 4.78 is 6.01. The van der Waals surface area contributed by atoms with E-state index in [0.717, 1.165) is 35.4 Å². The van der Waals surface area contributed by atoms with Gasteiger partial charge in [-0.15, -0.1) is 0 Å². The Labute approximate surface area is 159 Å². The summed E-state index contributed by atoms with van der Waals surface area (Å²) >= 11 is 0. The first-order valence-corrected chi connectivity index (χ1v) is 9.01. The highest BCUT2D eigenvalue weighted by Gasteiger charge is 2.12. The Kier molecular flexibility index (Phi) is 6.05. The van der Waals surface area contributed by atoms with E-state index >= 15 is 0 Å². The Bertz CT molecular complexity index is 907. The number of pyridine rings is 1. The molecule has 1 aromatic heterocycles. The number of aryl methyl sites for hydroxylation is 2. The van der Waals surface area contributed by atoms with Crippen molar-refractivity contribution >= 4 is 17.4 Å². The van der Waals surface area contributed by atoms with Crippen molar-refractivity contribution in [1.82, 2.24) is 4.98 Å². The highest BCUT2D eigenvalue weighted by Crippen LogP contribution is 2.30. The molecule has 0 fully saturated rings. The summed E-state index contributed by atoms with van der Waals surface area (Å²) in [6, 6.07) is 18.6. The first-order valence-electron chi connectivity index (χ1n) is 9.01. The first-order chi connectivity index (χ1) is 13.2. The number of urea groups is 1. The Balaban J connectivity index is 1.74. The van der Waals surface area contributed by atoms with Gasteiger partial charge >= 0.3 is 6.03 Å². The number of amides is 2. The molecule has 2 aromatic carbocycles. The van der Waals surface area contributed by atoms with Gasteiger partial charge in [0.1, 0.15) is 11.4 Å². The van der Waals surface area contributed by atoms with Gasteiger partial charge in [-0.1, -0.05) is 49.2 Å². The number of nitrogens with one attached hydrogen (secondary N) is 2. The first kappa shape index (κ1) is 18.5. The lowest BCUT2D eigenvalue weighted by Gasteiger charge is -2.14. The number of ether oxygens (including phenoxy) is 1. The fourth-order valence-corrected chi connectivity index (χ4v) is 2.67. The van der Waals surface area contributed by atoms with Crippen LogP contribution in [0.25, 0.3) is 0 Å². The molecule has 0 aliphatic carbocycles. The SMILES string of the molecule is CCCc1ccccc1Oc1ncccc1NC(=O)Nc1ccc(C)cc1. The van der Waals surface area contributed by atoms with Gasteiger partial charge in [-0.2, -0.15) is 0 Å². The van der Waals surface area contributed by atoms with Gasteiger partial charge in [0, 0.05) is 11.9 Å². The maximum Gasteiger partial charge on any atom is 0.323 e. The molecule has 0 aliphatic rings. The van der Waals surface area contributed by atoms with Crippen LogP contribution in [0.1, 0.15) is 24.5 Å². The molecule has 0 radical (unpaired) electrons. The van der Waals surface area contributed by atoms with Crippen molar-refractivity contribution in [3.63, 3.8) is 0 Å². The van der Waals surface area contributed by atoms with E-state index in [-0.39, 0.29) is 6.03 Å². The third kappa shape index (κ3) is 5.07. The lowest BCUT2D eigenvalue weighted by Crippen LogP contribution is -2.20. The number of hydrogen-bond donors (Lipinski definition) is 2. The molecule has 0 unspecified atom stereocenters. The molecular formula is C22H23N3O2. The molecule has 0 atom stereocenters. The van der Waals surface area contributed by atoms with Crippen LogP contribution in [0.5, 0.6) is 11.6 Å². The topological polar surface area (TPSA) is 63.2 Å². The van der Waals surface area contributed by atoms with Crippen molar-refractivity contribution in [2.45, 2.75) is 26.7 Å². The van der Waals surface area contributed by atoms with Crippen LogP contribution in [0.4, 0.5) is 16.2 Å².